The molecular formula is C11H16N2O2. The molecule has 0 saturated carbocycles. The third-order valence-electron chi connectivity index (χ3n) is 2.43. The van der Waals surface area contributed by atoms with Crippen molar-refractivity contribution in [3.63, 3.8) is 0 Å². The largest absolute Gasteiger partial charge is 0.478 e. The van der Waals surface area contributed by atoms with Gasteiger partial charge in [-0.1, -0.05) is 0 Å². The first kappa shape index (κ1) is 11.4. The molecule has 4 heteroatoms. The Morgan fingerprint density at radius 1 is 1.47 bits per heavy atom. The lowest BCUT2D eigenvalue weighted by molar-refractivity contribution is 0.0697. The molecule has 0 amide bonds. The Labute approximate surface area is 89.3 Å². The maximum absolute atomic E-state index is 10.7. The van der Waals surface area contributed by atoms with Gasteiger partial charge in [0.05, 0.1) is 16.9 Å². The number of hydrogen-bond donors (Lipinski definition) is 2. The summed E-state index contributed by atoms with van der Waals surface area (Å²) in [5.74, 6) is -0.958. The fourth-order valence-corrected chi connectivity index (χ4v) is 1.29. The van der Waals surface area contributed by atoms with Crippen molar-refractivity contribution in [1.29, 1.82) is 0 Å². The fourth-order valence-electron chi connectivity index (χ4n) is 1.29. The Balaban J connectivity index is 3.08. The smallest absolute Gasteiger partial charge is 0.335 e. The van der Waals surface area contributed by atoms with E-state index in [1.165, 1.54) is 6.07 Å². The molecule has 1 rings (SSSR count). The van der Waals surface area contributed by atoms with E-state index in [1.54, 1.807) is 12.1 Å². The molecule has 0 aliphatic carbocycles. The van der Waals surface area contributed by atoms with Gasteiger partial charge in [-0.3, -0.25) is 0 Å². The molecule has 3 N–H and O–H groups in total. The molecule has 0 saturated heterocycles. The van der Waals surface area contributed by atoms with Gasteiger partial charge < -0.3 is 15.7 Å². The second kappa shape index (κ2) is 4.21. The van der Waals surface area contributed by atoms with E-state index < -0.39 is 5.97 Å². The van der Waals surface area contributed by atoms with Crippen LogP contribution in [0.4, 0.5) is 11.4 Å². The number of aromatic carboxylic acids is 1. The van der Waals surface area contributed by atoms with Gasteiger partial charge in [0.25, 0.3) is 0 Å². The van der Waals surface area contributed by atoms with Crippen molar-refractivity contribution in [2.75, 3.05) is 17.7 Å². The summed E-state index contributed by atoms with van der Waals surface area (Å²) in [7, 11) is 1.93. The summed E-state index contributed by atoms with van der Waals surface area (Å²) in [5, 5.41) is 8.78. The highest BCUT2D eigenvalue weighted by Crippen LogP contribution is 2.24. The molecule has 0 aliphatic rings. The highest BCUT2D eigenvalue weighted by Gasteiger charge is 2.11. The fraction of sp³-hybridized carbons (Fsp3) is 0.364. The molecule has 15 heavy (non-hydrogen) atoms. The summed E-state index contributed by atoms with van der Waals surface area (Å²) < 4.78 is 0. The van der Waals surface area contributed by atoms with Crippen LogP contribution in [0.25, 0.3) is 0 Å². The lowest BCUT2D eigenvalue weighted by atomic mass is 10.1. The van der Waals surface area contributed by atoms with Gasteiger partial charge >= 0.3 is 5.97 Å². The lowest BCUT2D eigenvalue weighted by Gasteiger charge is -2.25. The van der Waals surface area contributed by atoms with Crippen molar-refractivity contribution in [2.45, 2.75) is 19.9 Å². The Bertz CT molecular complexity index is 375. The van der Waals surface area contributed by atoms with Crippen molar-refractivity contribution >= 4 is 17.3 Å². The second-order valence-corrected chi connectivity index (χ2v) is 3.78. The van der Waals surface area contributed by atoms with Crippen LogP contribution in [0.15, 0.2) is 18.2 Å². The number of carbonyl (C=O) groups is 1. The molecular weight excluding hydrogens is 192 g/mol. The van der Waals surface area contributed by atoms with Crippen molar-refractivity contribution < 1.29 is 9.90 Å². The molecule has 0 fully saturated rings. The van der Waals surface area contributed by atoms with Crippen LogP contribution >= 0.6 is 0 Å². The molecule has 1 aromatic carbocycles. The van der Waals surface area contributed by atoms with E-state index in [9.17, 15) is 4.79 Å². The number of hydrogen-bond acceptors (Lipinski definition) is 3. The highest BCUT2D eigenvalue weighted by molar-refractivity contribution is 5.90. The van der Waals surface area contributed by atoms with E-state index in [1.807, 2.05) is 25.8 Å². The van der Waals surface area contributed by atoms with Gasteiger partial charge in [0, 0.05) is 13.1 Å². The van der Waals surface area contributed by atoms with Crippen LogP contribution in [0.2, 0.25) is 0 Å². The van der Waals surface area contributed by atoms with Crippen molar-refractivity contribution in [2.24, 2.45) is 0 Å². The maximum Gasteiger partial charge on any atom is 0.335 e. The Kier molecular flexibility index (Phi) is 3.19. The topological polar surface area (TPSA) is 66.6 Å². The molecule has 0 aliphatic heterocycles. The SMILES string of the molecule is CC(C)N(C)c1ccc(C(=O)O)cc1N. The van der Waals surface area contributed by atoms with E-state index in [2.05, 4.69) is 0 Å². The molecule has 82 valence electrons. The quantitative estimate of drug-likeness (QED) is 0.743. The molecule has 4 nitrogen and oxygen atoms in total. The summed E-state index contributed by atoms with van der Waals surface area (Å²) in [5.41, 5.74) is 7.36. The summed E-state index contributed by atoms with van der Waals surface area (Å²) in [4.78, 5) is 12.7. The van der Waals surface area contributed by atoms with Gasteiger partial charge in [0.2, 0.25) is 0 Å². The zero-order valence-electron chi connectivity index (χ0n) is 9.19. The predicted octanol–water partition coefficient (Wildman–Crippen LogP) is 1.81. The van der Waals surface area contributed by atoms with Crippen molar-refractivity contribution in [3.05, 3.63) is 23.8 Å². The maximum atomic E-state index is 10.7. The average molecular weight is 208 g/mol. The van der Waals surface area contributed by atoms with Gasteiger partial charge in [0.15, 0.2) is 0 Å². The number of carboxylic acid groups (broad SMARTS) is 1. The number of rotatable bonds is 3. The standard InChI is InChI=1S/C11H16N2O2/c1-7(2)13(3)10-5-4-8(11(14)15)6-9(10)12/h4-7H,12H2,1-3H3,(H,14,15). The molecule has 0 bridgehead atoms. The Morgan fingerprint density at radius 3 is 2.47 bits per heavy atom. The van der Waals surface area contributed by atoms with E-state index in [4.69, 9.17) is 10.8 Å². The van der Waals surface area contributed by atoms with Gasteiger partial charge in [0.1, 0.15) is 0 Å². The minimum absolute atomic E-state index is 0.216. The monoisotopic (exact) mass is 208 g/mol. The van der Waals surface area contributed by atoms with Crippen LogP contribution in [0.1, 0.15) is 24.2 Å². The van der Waals surface area contributed by atoms with Gasteiger partial charge in [-0.05, 0) is 32.0 Å². The molecule has 0 radical (unpaired) electrons. The summed E-state index contributed by atoms with van der Waals surface area (Å²) >= 11 is 0. The first-order chi connectivity index (χ1) is 6.93. The summed E-state index contributed by atoms with van der Waals surface area (Å²) in [6, 6.07) is 5.10. The number of carboxylic acids is 1. The predicted molar refractivity (Wildman–Crippen MR) is 61.4 cm³/mol. The number of nitrogens with two attached hydrogens (primary N) is 1. The zero-order valence-corrected chi connectivity index (χ0v) is 9.19. The second-order valence-electron chi connectivity index (χ2n) is 3.78. The lowest BCUT2D eigenvalue weighted by Crippen LogP contribution is -2.26. The Morgan fingerprint density at radius 2 is 2.07 bits per heavy atom. The molecule has 1 aromatic rings. The van der Waals surface area contributed by atoms with Crippen LogP contribution in [0.5, 0.6) is 0 Å². The number of anilines is 2. The summed E-state index contributed by atoms with van der Waals surface area (Å²) in [6.45, 7) is 4.09. The van der Waals surface area contributed by atoms with E-state index in [-0.39, 0.29) is 5.56 Å². The normalized spacial score (nSPS) is 10.4. The molecule has 0 spiro atoms. The average Bonchev–Trinajstić information content (AvgIpc) is 2.16. The van der Waals surface area contributed by atoms with E-state index >= 15 is 0 Å². The third kappa shape index (κ3) is 2.40. The van der Waals surface area contributed by atoms with Gasteiger partial charge in [-0.2, -0.15) is 0 Å². The number of nitrogen functional groups attached to an aromatic ring is 1. The van der Waals surface area contributed by atoms with Crippen LogP contribution in [-0.2, 0) is 0 Å². The molecule has 0 unspecified atom stereocenters. The first-order valence-corrected chi connectivity index (χ1v) is 4.79. The highest BCUT2D eigenvalue weighted by atomic mass is 16.4. The van der Waals surface area contributed by atoms with Gasteiger partial charge in [-0.25, -0.2) is 4.79 Å². The van der Waals surface area contributed by atoms with Crippen molar-refractivity contribution in [3.8, 4) is 0 Å². The van der Waals surface area contributed by atoms with Crippen LogP contribution in [0.3, 0.4) is 0 Å². The third-order valence-corrected chi connectivity index (χ3v) is 2.43. The summed E-state index contributed by atoms with van der Waals surface area (Å²) in [6.07, 6.45) is 0. The minimum atomic E-state index is -0.958. The molecule has 0 aromatic heterocycles. The van der Waals surface area contributed by atoms with Crippen LogP contribution in [-0.4, -0.2) is 24.2 Å². The first-order valence-electron chi connectivity index (χ1n) is 4.79. The zero-order chi connectivity index (χ0) is 11.6. The Hall–Kier alpha value is -1.71. The number of nitrogens with zero attached hydrogens (tertiary/aromatic N) is 1. The minimum Gasteiger partial charge on any atom is -0.478 e. The van der Waals surface area contributed by atoms with E-state index in [0.717, 1.165) is 5.69 Å². The van der Waals surface area contributed by atoms with E-state index in [0.29, 0.717) is 11.7 Å². The van der Waals surface area contributed by atoms with Crippen molar-refractivity contribution in [1.82, 2.24) is 0 Å². The van der Waals surface area contributed by atoms with Crippen LogP contribution in [0, 0.1) is 0 Å². The van der Waals surface area contributed by atoms with Crippen LogP contribution < -0.4 is 10.6 Å². The van der Waals surface area contributed by atoms with Gasteiger partial charge in [-0.15, -0.1) is 0 Å². The molecule has 0 atom stereocenters. The molecule has 0 heterocycles. The number of benzene rings is 1.